The van der Waals surface area contributed by atoms with Gasteiger partial charge in [-0.25, -0.2) is 4.79 Å². The topological polar surface area (TPSA) is 90.9 Å². The van der Waals surface area contributed by atoms with Gasteiger partial charge in [0.25, 0.3) is 0 Å². The smallest absolute Gasteiger partial charge is 0.340 e. The molecule has 3 rings (SSSR count). The van der Waals surface area contributed by atoms with Crippen LogP contribution in [0.1, 0.15) is 47.2 Å². The van der Waals surface area contributed by atoms with E-state index in [-0.39, 0.29) is 33.9 Å². The molecular weight excluding hydrogens is 442 g/mol. The average molecular weight is 468 g/mol. The summed E-state index contributed by atoms with van der Waals surface area (Å²) in [5, 5.41) is 3.35. The minimum absolute atomic E-state index is 0.0131. The molecule has 0 spiro atoms. The highest BCUT2D eigenvalue weighted by Crippen LogP contribution is 2.44. The van der Waals surface area contributed by atoms with E-state index in [1.54, 1.807) is 26.0 Å². The minimum Gasteiger partial charge on any atom is -0.492 e. The number of rotatable bonds is 7. The lowest BCUT2D eigenvalue weighted by molar-refractivity contribution is 0.0522. The fourth-order valence-electron chi connectivity index (χ4n) is 3.85. The van der Waals surface area contributed by atoms with Crippen molar-refractivity contribution in [1.82, 2.24) is 5.32 Å². The summed E-state index contributed by atoms with van der Waals surface area (Å²) in [6.07, 6.45) is 1.53. The summed E-state index contributed by atoms with van der Waals surface area (Å²) in [5.74, 6) is -0.245. The maximum atomic E-state index is 12.9. The Hall–Kier alpha value is -2.29. The zero-order valence-electron chi connectivity index (χ0n) is 17.7. The summed E-state index contributed by atoms with van der Waals surface area (Å²) in [6.45, 7) is 5.25. The number of ether oxygens (including phenoxy) is 2. The van der Waals surface area contributed by atoms with E-state index in [9.17, 15) is 13.2 Å². The lowest BCUT2D eigenvalue weighted by atomic mass is 9.84. The Labute approximate surface area is 187 Å². The van der Waals surface area contributed by atoms with Crippen molar-refractivity contribution >= 4 is 27.7 Å². The standard InChI is InChI=1S/C22H26ClNO6S/c1-4-29-22(25)19-14(2)13-17(21(28-3)20(19)15-9-11-24-12-10-15)30-31(26,27)18-8-6-5-7-16(18)23/h5-8,13,15,24H,4,9-12H2,1-3H3. The van der Waals surface area contributed by atoms with E-state index in [4.69, 9.17) is 25.3 Å². The van der Waals surface area contributed by atoms with Crippen LogP contribution in [-0.4, -0.2) is 41.2 Å². The van der Waals surface area contributed by atoms with Crippen molar-refractivity contribution in [3.05, 3.63) is 52.0 Å². The van der Waals surface area contributed by atoms with E-state index >= 15 is 0 Å². The molecule has 0 bridgehead atoms. The van der Waals surface area contributed by atoms with Crippen molar-refractivity contribution in [3.8, 4) is 11.5 Å². The number of halogens is 1. The Morgan fingerprint density at radius 3 is 2.52 bits per heavy atom. The molecule has 9 heteroatoms. The SMILES string of the molecule is CCOC(=O)c1c(C)cc(OS(=O)(=O)c2ccccc2Cl)c(OC)c1C1CCNCC1. The van der Waals surface area contributed by atoms with Crippen LogP contribution in [0.2, 0.25) is 5.02 Å². The third-order valence-corrected chi connectivity index (χ3v) is 6.95. The molecule has 31 heavy (non-hydrogen) atoms. The van der Waals surface area contributed by atoms with E-state index in [1.807, 2.05) is 0 Å². The second kappa shape index (κ2) is 9.89. The molecule has 1 aliphatic heterocycles. The summed E-state index contributed by atoms with van der Waals surface area (Å²) in [5.41, 5.74) is 1.57. The molecule has 2 aromatic rings. The summed E-state index contributed by atoms with van der Waals surface area (Å²) in [4.78, 5) is 12.6. The Morgan fingerprint density at radius 2 is 1.90 bits per heavy atom. The molecule has 0 radical (unpaired) electrons. The van der Waals surface area contributed by atoms with Gasteiger partial charge >= 0.3 is 16.1 Å². The van der Waals surface area contributed by atoms with Gasteiger partial charge in [0.05, 0.1) is 24.3 Å². The predicted octanol–water partition coefficient (Wildman–Crippen LogP) is 4.07. The highest BCUT2D eigenvalue weighted by molar-refractivity contribution is 7.87. The van der Waals surface area contributed by atoms with Crippen LogP contribution in [0.3, 0.4) is 0 Å². The molecule has 1 heterocycles. The highest BCUT2D eigenvalue weighted by atomic mass is 35.5. The fraction of sp³-hybridized carbons (Fsp3) is 0.409. The van der Waals surface area contributed by atoms with Gasteiger partial charge in [-0.3, -0.25) is 0 Å². The number of methoxy groups -OCH3 is 1. The molecule has 7 nitrogen and oxygen atoms in total. The van der Waals surface area contributed by atoms with Gasteiger partial charge in [0.2, 0.25) is 0 Å². The Morgan fingerprint density at radius 1 is 1.23 bits per heavy atom. The number of hydrogen-bond acceptors (Lipinski definition) is 7. The molecular formula is C22H26ClNO6S. The first kappa shape index (κ1) is 23.4. The molecule has 0 aliphatic carbocycles. The summed E-state index contributed by atoms with van der Waals surface area (Å²) in [6, 6.07) is 7.54. The number of aryl methyl sites for hydroxylation is 1. The van der Waals surface area contributed by atoms with Gasteiger partial charge in [0, 0.05) is 5.56 Å². The number of piperidine rings is 1. The maximum absolute atomic E-state index is 12.9. The molecule has 1 saturated heterocycles. The van der Waals surface area contributed by atoms with Crippen LogP contribution < -0.4 is 14.2 Å². The Kier molecular flexibility index (Phi) is 7.46. The monoisotopic (exact) mass is 467 g/mol. The third kappa shape index (κ3) is 4.97. The molecule has 0 aromatic heterocycles. The van der Waals surface area contributed by atoms with Crippen molar-refractivity contribution in [2.45, 2.75) is 37.5 Å². The first-order valence-corrected chi connectivity index (χ1v) is 11.9. The van der Waals surface area contributed by atoms with Crippen LogP contribution in [0.15, 0.2) is 35.2 Å². The second-order valence-electron chi connectivity index (χ2n) is 7.23. The van der Waals surface area contributed by atoms with E-state index in [0.717, 1.165) is 25.9 Å². The van der Waals surface area contributed by atoms with Crippen LogP contribution >= 0.6 is 11.6 Å². The van der Waals surface area contributed by atoms with E-state index in [1.165, 1.54) is 25.3 Å². The number of esters is 1. The predicted molar refractivity (Wildman–Crippen MR) is 118 cm³/mol. The first-order chi connectivity index (χ1) is 14.8. The van der Waals surface area contributed by atoms with Gasteiger partial charge in [0.1, 0.15) is 4.90 Å². The molecule has 1 N–H and O–H groups in total. The third-order valence-electron chi connectivity index (χ3n) is 5.22. The molecule has 1 fully saturated rings. The van der Waals surface area contributed by atoms with Gasteiger partial charge in [-0.05, 0) is 69.5 Å². The van der Waals surface area contributed by atoms with Crippen LogP contribution in [-0.2, 0) is 14.9 Å². The molecule has 168 valence electrons. The normalized spacial score (nSPS) is 14.8. The second-order valence-corrected chi connectivity index (χ2v) is 9.15. The molecule has 0 amide bonds. The first-order valence-electron chi connectivity index (χ1n) is 10.1. The molecule has 0 unspecified atom stereocenters. The zero-order valence-corrected chi connectivity index (χ0v) is 19.3. The van der Waals surface area contributed by atoms with Crippen LogP contribution in [0.25, 0.3) is 0 Å². The molecule has 1 aliphatic rings. The lowest BCUT2D eigenvalue weighted by Crippen LogP contribution is -2.28. The van der Waals surface area contributed by atoms with Gasteiger partial charge in [-0.2, -0.15) is 8.42 Å². The van der Waals surface area contributed by atoms with Gasteiger partial charge < -0.3 is 19.0 Å². The number of nitrogens with one attached hydrogen (secondary N) is 1. The molecule has 2 aromatic carbocycles. The van der Waals surface area contributed by atoms with E-state index < -0.39 is 16.1 Å². The molecule has 0 atom stereocenters. The quantitative estimate of drug-likeness (QED) is 0.484. The van der Waals surface area contributed by atoms with E-state index in [0.29, 0.717) is 16.7 Å². The number of carbonyl (C=O) groups is 1. The lowest BCUT2D eigenvalue weighted by Gasteiger charge is -2.28. The number of hydrogen-bond donors (Lipinski definition) is 1. The number of benzene rings is 2. The zero-order chi connectivity index (χ0) is 22.6. The Balaban J connectivity index is 2.16. The van der Waals surface area contributed by atoms with Crippen molar-refractivity contribution in [2.24, 2.45) is 0 Å². The van der Waals surface area contributed by atoms with Gasteiger partial charge in [-0.1, -0.05) is 23.7 Å². The number of carbonyl (C=O) groups excluding carboxylic acids is 1. The van der Waals surface area contributed by atoms with Crippen LogP contribution in [0.4, 0.5) is 0 Å². The summed E-state index contributed by atoms with van der Waals surface area (Å²) >= 11 is 6.08. The summed E-state index contributed by atoms with van der Waals surface area (Å²) < 4.78 is 42.3. The average Bonchev–Trinajstić information content (AvgIpc) is 2.74. The van der Waals surface area contributed by atoms with Crippen molar-refractivity contribution in [1.29, 1.82) is 0 Å². The molecule has 0 saturated carbocycles. The van der Waals surface area contributed by atoms with Crippen LogP contribution in [0, 0.1) is 6.92 Å². The van der Waals surface area contributed by atoms with Gasteiger partial charge in [0.15, 0.2) is 11.5 Å². The Bertz CT molecular complexity index is 1060. The summed E-state index contributed by atoms with van der Waals surface area (Å²) in [7, 11) is -2.79. The largest absolute Gasteiger partial charge is 0.492 e. The fourth-order valence-corrected chi connectivity index (χ4v) is 5.27. The van der Waals surface area contributed by atoms with Crippen molar-refractivity contribution < 1.29 is 26.9 Å². The van der Waals surface area contributed by atoms with Gasteiger partial charge in [-0.15, -0.1) is 0 Å². The minimum atomic E-state index is -4.22. The van der Waals surface area contributed by atoms with Crippen molar-refractivity contribution in [2.75, 3.05) is 26.8 Å². The van der Waals surface area contributed by atoms with Crippen LogP contribution in [0.5, 0.6) is 11.5 Å². The van der Waals surface area contributed by atoms with E-state index in [2.05, 4.69) is 5.32 Å². The van der Waals surface area contributed by atoms with Crippen molar-refractivity contribution in [3.63, 3.8) is 0 Å². The highest BCUT2D eigenvalue weighted by Gasteiger charge is 2.32. The maximum Gasteiger partial charge on any atom is 0.340 e.